The van der Waals surface area contributed by atoms with Gasteiger partial charge >= 0.3 is 0 Å². The Morgan fingerprint density at radius 3 is 2.61 bits per heavy atom. The van der Waals surface area contributed by atoms with Crippen molar-refractivity contribution in [2.75, 3.05) is 18.9 Å². The third-order valence-corrected chi connectivity index (χ3v) is 3.90. The maximum Gasteiger partial charge on any atom is 0.240 e. The maximum absolute atomic E-state index is 13.3. The first kappa shape index (κ1) is 14.9. The van der Waals surface area contributed by atoms with Crippen LogP contribution in [-0.4, -0.2) is 26.7 Å². The molecule has 0 saturated heterocycles. The number of sulfonamides is 1. The van der Waals surface area contributed by atoms with Crippen molar-refractivity contribution in [1.82, 2.24) is 4.72 Å². The Hall–Kier alpha value is -1.18. The third-order valence-electron chi connectivity index (χ3n) is 2.50. The lowest BCUT2D eigenvalue weighted by molar-refractivity contribution is 0.238. The predicted octanol–water partition coefficient (Wildman–Crippen LogP) is 0.623. The number of nitrogens with one attached hydrogen (secondary N) is 1. The highest BCUT2D eigenvalue weighted by molar-refractivity contribution is 7.89. The number of aryl methyl sites for hydroxylation is 1. The smallest absolute Gasteiger partial charge is 0.240 e. The van der Waals surface area contributed by atoms with Crippen LogP contribution >= 0.6 is 0 Å². The molecule has 4 N–H and O–H groups in total. The molecule has 102 valence electrons. The Morgan fingerprint density at radius 1 is 1.50 bits per heavy atom. The van der Waals surface area contributed by atoms with E-state index in [9.17, 15) is 12.8 Å². The van der Waals surface area contributed by atoms with Crippen LogP contribution in [-0.2, 0) is 10.0 Å². The molecule has 0 aromatic heterocycles. The van der Waals surface area contributed by atoms with Gasteiger partial charge in [0.1, 0.15) is 5.82 Å². The van der Waals surface area contributed by atoms with Gasteiger partial charge in [-0.05, 0) is 30.5 Å². The quantitative estimate of drug-likeness (QED) is 0.687. The Labute approximate surface area is 106 Å². The minimum absolute atomic E-state index is 0.0796. The second-order valence-corrected chi connectivity index (χ2v) is 6.05. The third kappa shape index (κ3) is 3.41. The fourth-order valence-electron chi connectivity index (χ4n) is 1.32. The zero-order valence-electron chi connectivity index (χ0n) is 10.3. The molecule has 0 aliphatic rings. The lowest BCUT2D eigenvalue weighted by Gasteiger charge is -2.12. The molecule has 1 aromatic rings. The normalized spacial score (nSPS) is 13.6. The first-order chi connectivity index (χ1) is 8.27. The summed E-state index contributed by atoms with van der Waals surface area (Å²) in [7, 11) is -3.73. The number of hydrogen-bond donors (Lipinski definition) is 3. The average molecular weight is 276 g/mol. The van der Waals surface area contributed by atoms with E-state index in [2.05, 4.69) is 4.72 Å². The maximum atomic E-state index is 13.3. The van der Waals surface area contributed by atoms with Gasteiger partial charge in [0.15, 0.2) is 0 Å². The van der Waals surface area contributed by atoms with Crippen molar-refractivity contribution in [3.05, 3.63) is 23.5 Å². The average Bonchev–Trinajstić information content (AvgIpc) is 2.32. The summed E-state index contributed by atoms with van der Waals surface area (Å²) in [6.45, 7) is 3.14. The molecule has 0 aliphatic heterocycles. The van der Waals surface area contributed by atoms with E-state index < -0.39 is 15.8 Å². The monoisotopic (exact) mass is 276 g/mol. The van der Waals surface area contributed by atoms with Crippen molar-refractivity contribution in [3.63, 3.8) is 0 Å². The number of aliphatic hydroxyl groups is 1. The van der Waals surface area contributed by atoms with Crippen molar-refractivity contribution in [2.45, 2.75) is 18.7 Å². The van der Waals surface area contributed by atoms with E-state index in [0.29, 0.717) is 0 Å². The standard InChI is InChI=1S/C11H17FN2O3S/c1-7(6-15)5-14-18(16,17)9-3-8(2)11(12)10(13)4-9/h3-4,7,14-15H,5-6,13H2,1-2H3. The zero-order valence-corrected chi connectivity index (χ0v) is 11.1. The summed E-state index contributed by atoms with van der Waals surface area (Å²) in [4.78, 5) is -0.0796. The predicted molar refractivity (Wildman–Crippen MR) is 67.0 cm³/mol. The van der Waals surface area contributed by atoms with E-state index in [1.54, 1.807) is 6.92 Å². The van der Waals surface area contributed by atoms with E-state index >= 15 is 0 Å². The van der Waals surface area contributed by atoms with Gasteiger partial charge in [0, 0.05) is 13.2 Å². The van der Waals surface area contributed by atoms with E-state index in [-0.39, 0.29) is 35.2 Å². The fraction of sp³-hybridized carbons (Fsp3) is 0.455. The number of halogens is 1. The molecule has 0 amide bonds. The van der Waals surface area contributed by atoms with Crippen LogP contribution in [0.4, 0.5) is 10.1 Å². The molecule has 0 aliphatic carbocycles. The molecule has 0 bridgehead atoms. The van der Waals surface area contributed by atoms with Crippen LogP contribution in [0.15, 0.2) is 17.0 Å². The van der Waals surface area contributed by atoms with Crippen molar-refractivity contribution < 1.29 is 17.9 Å². The topological polar surface area (TPSA) is 92.4 Å². The van der Waals surface area contributed by atoms with Gasteiger partial charge in [-0.15, -0.1) is 0 Å². The van der Waals surface area contributed by atoms with Gasteiger partial charge in [-0.2, -0.15) is 0 Å². The number of rotatable bonds is 5. The number of nitrogens with two attached hydrogens (primary N) is 1. The Kier molecular flexibility index (Phi) is 4.66. The van der Waals surface area contributed by atoms with E-state index in [1.165, 1.54) is 13.0 Å². The highest BCUT2D eigenvalue weighted by atomic mass is 32.2. The van der Waals surface area contributed by atoms with E-state index in [1.807, 2.05) is 0 Å². The molecule has 0 spiro atoms. The molecular formula is C11H17FN2O3S. The summed E-state index contributed by atoms with van der Waals surface area (Å²) in [5, 5.41) is 8.82. The lowest BCUT2D eigenvalue weighted by atomic mass is 10.2. The molecule has 0 saturated carbocycles. The minimum atomic E-state index is -3.73. The van der Waals surface area contributed by atoms with E-state index in [4.69, 9.17) is 10.8 Å². The number of aliphatic hydroxyl groups excluding tert-OH is 1. The Morgan fingerprint density at radius 2 is 2.11 bits per heavy atom. The molecule has 0 fully saturated rings. The minimum Gasteiger partial charge on any atom is -0.396 e. The molecule has 1 rings (SSSR count). The molecule has 18 heavy (non-hydrogen) atoms. The van der Waals surface area contributed by atoms with Crippen LogP contribution in [0, 0.1) is 18.7 Å². The number of hydrogen-bond acceptors (Lipinski definition) is 4. The highest BCUT2D eigenvalue weighted by Crippen LogP contribution is 2.20. The zero-order chi connectivity index (χ0) is 13.9. The molecule has 0 radical (unpaired) electrons. The highest BCUT2D eigenvalue weighted by Gasteiger charge is 2.17. The van der Waals surface area contributed by atoms with Crippen LogP contribution in [0.1, 0.15) is 12.5 Å². The van der Waals surface area contributed by atoms with Crippen molar-refractivity contribution >= 4 is 15.7 Å². The van der Waals surface area contributed by atoms with Gasteiger partial charge in [0.2, 0.25) is 10.0 Å². The van der Waals surface area contributed by atoms with Crippen LogP contribution < -0.4 is 10.5 Å². The van der Waals surface area contributed by atoms with Crippen molar-refractivity contribution in [2.24, 2.45) is 5.92 Å². The van der Waals surface area contributed by atoms with Crippen LogP contribution in [0.3, 0.4) is 0 Å². The Bertz CT molecular complexity index is 508. The van der Waals surface area contributed by atoms with E-state index in [0.717, 1.165) is 6.07 Å². The van der Waals surface area contributed by atoms with Crippen LogP contribution in [0.2, 0.25) is 0 Å². The molecule has 1 atom stereocenters. The number of anilines is 1. The summed E-state index contributed by atoms with van der Waals surface area (Å²) >= 11 is 0. The molecule has 1 unspecified atom stereocenters. The number of nitrogen functional groups attached to an aromatic ring is 1. The summed E-state index contributed by atoms with van der Waals surface area (Å²) in [5.41, 5.74) is 5.36. The van der Waals surface area contributed by atoms with Gasteiger partial charge in [-0.1, -0.05) is 6.92 Å². The first-order valence-electron chi connectivity index (χ1n) is 5.44. The van der Waals surface area contributed by atoms with Crippen molar-refractivity contribution in [3.8, 4) is 0 Å². The molecule has 7 heteroatoms. The summed E-state index contributed by atoms with van der Waals surface area (Å²) in [6, 6.07) is 2.30. The van der Waals surface area contributed by atoms with Gasteiger partial charge in [0.25, 0.3) is 0 Å². The molecule has 1 aromatic carbocycles. The molecular weight excluding hydrogens is 259 g/mol. The largest absolute Gasteiger partial charge is 0.396 e. The van der Waals surface area contributed by atoms with Gasteiger partial charge in [0.05, 0.1) is 10.6 Å². The molecule has 0 heterocycles. The van der Waals surface area contributed by atoms with Gasteiger partial charge < -0.3 is 10.8 Å². The van der Waals surface area contributed by atoms with Crippen LogP contribution in [0.5, 0.6) is 0 Å². The lowest BCUT2D eigenvalue weighted by Crippen LogP contribution is -2.29. The van der Waals surface area contributed by atoms with Crippen LogP contribution in [0.25, 0.3) is 0 Å². The summed E-state index contributed by atoms with van der Waals surface area (Å²) in [6.07, 6.45) is 0. The van der Waals surface area contributed by atoms with Crippen molar-refractivity contribution in [1.29, 1.82) is 0 Å². The SMILES string of the molecule is Cc1cc(S(=O)(=O)NCC(C)CO)cc(N)c1F. The second kappa shape index (κ2) is 5.64. The van der Waals surface area contributed by atoms with Gasteiger partial charge in [-0.25, -0.2) is 17.5 Å². The Balaban J connectivity index is 2.99. The van der Waals surface area contributed by atoms with Gasteiger partial charge in [-0.3, -0.25) is 0 Å². The first-order valence-corrected chi connectivity index (χ1v) is 6.92. The second-order valence-electron chi connectivity index (χ2n) is 4.28. The summed E-state index contributed by atoms with van der Waals surface area (Å²) in [5.74, 6) is -0.809. The molecule has 5 nitrogen and oxygen atoms in total. The summed E-state index contributed by atoms with van der Waals surface area (Å²) < 4.78 is 39.4. The fourth-order valence-corrected chi connectivity index (χ4v) is 2.60. The number of benzene rings is 1.